The summed E-state index contributed by atoms with van der Waals surface area (Å²) >= 11 is 0. The number of para-hydroxylation sites is 4. The van der Waals surface area contributed by atoms with Gasteiger partial charge in [-0.1, -0.05) is 195 Å². The first-order chi connectivity index (χ1) is 38.5. The minimum absolute atomic E-state index is 0.0841. The first-order valence-electron chi connectivity index (χ1n) is 27.9. The van der Waals surface area contributed by atoms with Gasteiger partial charge in [0.1, 0.15) is 16.9 Å². The Hall–Kier alpha value is -9.12. The third kappa shape index (κ3) is 6.78. The van der Waals surface area contributed by atoms with Crippen molar-refractivity contribution in [2.75, 3.05) is 9.80 Å². The molecule has 374 valence electrons. The molecule has 0 saturated carbocycles. The summed E-state index contributed by atoms with van der Waals surface area (Å²) in [6, 6.07) is 79.0. The maximum absolute atomic E-state index is 7.35. The number of hydrogen-bond donors (Lipinski definition) is 0. The van der Waals surface area contributed by atoms with Gasteiger partial charge in [0.2, 0.25) is 0 Å². The molecule has 13 aromatic rings. The van der Waals surface area contributed by atoms with Crippen LogP contribution in [0, 0.1) is 5.92 Å². The van der Waals surface area contributed by atoms with Crippen molar-refractivity contribution >= 4 is 104 Å². The fourth-order valence-electron chi connectivity index (χ4n) is 14.1. The molecule has 78 heavy (non-hydrogen) atoms. The second kappa shape index (κ2) is 17.5. The highest BCUT2D eigenvalue weighted by atomic mass is 16.5. The van der Waals surface area contributed by atoms with Gasteiger partial charge in [0, 0.05) is 49.5 Å². The van der Waals surface area contributed by atoms with Crippen LogP contribution in [0.5, 0.6) is 5.75 Å². The Morgan fingerprint density at radius 3 is 1.77 bits per heavy atom. The second-order valence-corrected chi connectivity index (χ2v) is 22.3. The number of rotatable bonds is 8. The monoisotopic (exact) mass is 1000 g/mol. The highest BCUT2D eigenvalue weighted by Gasteiger charge is 2.46. The Morgan fingerprint density at radius 1 is 0.462 bits per heavy atom. The van der Waals surface area contributed by atoms with E-state index in [0.717, 1.165) is 81.5 Å². The van der Waals surface area contributed by atoms with Gasteiger partial charge in [0.05, 0.1) is 28.8 Å². The van der Waals surface area contributed by atoms with Gasteiger partial charge in [-0.15, -0.1) is 0 Å². The third-order valence-electron chi connectivity index (χ3n) is 17.8. The maximum atomic E-state index is 7.35. The zero-order chi connectivity index (χ0) is 51.6. The molecule has 0 bridgehead atoms. The number of fused-ring (bicyclic) bond motifs is 8. The van der Waals surface area contributed by atoms with Crippen molar-refractivity contribution in [3.8, 4) is 28.0 Å². The highest BCUT2D eigenvalue weighted by molar-refractivity contribution is 6.33. The minimum atomic E-state index is -0.401. The molecule has 3 aliphatic rings. The molecule has 0 fully saturated rings. The number of anilines is 5. The van der Waals surface area contributed by atoms with Gasteiger partial charge in [-0.25, -0.2) is 0 Å². The van der Waals surface area contributed by atoms with Gasteiger partial charge < -0.3 is 19.0 Å². The summed E-state index contributed by atoms with van der Waals surface area (Å²) in [6.45, 7) is 4.64. The topological polar surface area (TPSA) is 28.9 Å². The summed E-state index contributed by atoms with van der Waals surface area (Å²) in [6.07, 6.45) is 13.8. The first kappa shape index (κ1) is 45.1. The van der Waals surface area contributed by atoms with E-state index in [1.807, 2.05) is 0 Å². The number of furan rings is 1. The van der Waals surface area contributed by atoms with E-state index >= 15 is 0 Å². The number of ether oxygens (including phenoxy) is 1. The molecule has 2 heterocycles. The van der Waals surface area contributed by atoms with Crippen molar-refractivity contribution in [1.29, 1.82) is 0 Å². The van der Waals surface area contributed by atoms with Gasteiger partial charge in [-0.2, -0.15) is 0 Å². The zero-order valence-electron chi connectivity index (χ0n) is 43.8. The Bertz CT molecular complexity index is 4610. The quantitative estimate of drug-likeness (QED) is 0.112. The van der Waals surface area contributed by atoms with Gasteiger partial charge in [0.15, 0.2) is 5.58 Å². The van der Waals surface area contributed by atoms with Gasteiger partial charge in [0.25, 0.3) is 0 Å². The molecule has 0 amide bonds. The molecule has 0 saturated heterocycles. The van der Waals surface area contributed by atoms with Crippen LogP contribution in [0.15, 0.2) is 241 Å². The Morgan fingerprint density at radius 2 is 1.05 bits per heavy atom. The molecule has 4 atom stereocenters. The van der Waals surface area contributed by atoms with Crippen LogP contribution >= 0.6 is 0 Å². The van der Waals surface area contributed by atoms with Crippen molar-refractivity contribution in [3.63, 3.8) is 0 Å². The normalized spacial score (nSPS) is 18.9. The SMILES string of the molecule is CC1C=CC(N(c2cccc3c2OC2(C)C=CCCC32)c2cc(-c3cccc4ccccc34)c3ccc4c(N(c5ccccc5)c5cccc6c5oc5ccccc56)cc(-c5cccc6ccccc56)c5ccc2c3c54)CC1. The molecule has 12 aromatic carbocycles. The summed E-state index contributed by atoms with van der Waals surface area (Å²) in [4.78, 5) is 5.13. The summed E-state index contributed by atoms with van der Waals surface area (Å²) in [5.41, 5.74) is 12.9. The molecule has 1 aromatic heterocycles. The predicted octanol–water partition coefficient (Wildman–Crippen LogP) is 20.7. The van der Waals surface area contributed by atoms with Crippen LogP contribution in [-0.4, -0.2) is 11.6 Å². The Kier molecular flexibility index (Phi) is 10.1. The van der Waals surface area contributed by atoms with Crippen molar-refractivity contribution in [2.45, 2.75) is 57.1 Å². The fraction of sp³-hybridized carbons (Fsp3) is 0.135. The average Bonchev–Trinajstić information content (AvgIpc) is 3.64. The van der Waals surface area contributed by atoms with Crippen LogP contribution in [0.25, 0.3) is 98.1 Å². The van der Waals surface area contributed by atoms with Crippen LogP contribution in [-0.2, 0) is 0 Å². The van der Waals surface area contributed by atoms with Crippen molar-refractivity contribution in [3.05, 3.63) is 242 Å². The van der Waals surface area contributed by atoms with Gasteiger partial charge >= 0.3 is 0 Å². The molecular formula is C74H56N2O2. The Balaban J connectivity index is 1.07. The fourth-order valence-corrected chi connectivity index (χ4v) is 14.1. The van der Waals surface area contributed by atoms with Gasteiger partial charge in [-0.3, -0.25) is 0 Å². The summed E-state index contributed by atoms with van der Waals surface area (Å²) in [5, 5.41) is 14.4. The smallest absolute Gasteiger partial charge is 0.159 e. The lowest BCUT2D eigenvalue weighted by atomic mass is 9.78. The number of benzene rings is 12. The Labute approximate surface area is 454 Å². The standard InChI is InChI=1S/C74H56N2O2/c1-46-35-37-50(38-36-46)76(66-33-17-30-59-64-31-12-13-43-74(64,2)78-73(59)66)68-45-63(54-28-15-21-48-19-7-9-25-52(48)54)57-39-41-60-67(44-62(56-40-42-61(68)71(57)70(56)60)53-27-14-20-47-18-6-8-24-51(47)53)75(49-22-4-3-5-23-49)65-32-16-29-58-55-26-10-11-34-69(55)77-72(58)65/h3-11,13-30,32-35,37,39-46,50,64H,12,31,36,38H2,1-2H3. The molecule has 4 unspecified atom stereocenters. The van der Waals surface area contributed by atoms with Crippen molar-refractivity contribution < 1.29 is 9.15 Å². The van der Waals surface area contributed by atoms with E-state index in [1.165, 1.54) is 82.0 Å². The van der Waals surface area contributed by atoms with E-state index in [-0.39, 0.29) is 12.0 Å². The maximum Gasteiger partial charge on any atom is 0.159 e. The van der Waals surface area contributed by atoms with Crippen LogP contribution < -0.4 is 14.5 Å². The largest absolute Gasteiger partial charge is 0.480 e. The number of nitrogens with zero attached hydrogens (tertiary/aromatic N) is 2. The average molecular weight is 1010 g/mol. The summed E-state index contributed by atoms with van der Waals surface area (Å²) in [5.74, 6) is 1.81. The molecule has 1 aliphatic heterocycles. The zero-order valence-corrected chi connectivity index (χ0v) is 43.8. The molecule has 0 spiro atoms. The second-order valence-electron chi connectivity index (χ2n) is 22.3. The number of allylic oxidation sites excluding steroid dienone is 2. The van der Waals surface area contributed by atoms with Gasteiger partial charge in [-0.05, 0) is 142 Å². The lowest BCUT2D eigenvalue weighted by Gasteiger charge is -2.37. The van der Waals surface area contributed by atoms with Crippen LogP contribution in [0.3, 0.4) is 0 Å². The van der Waals surface area contributed by atoms with Crippen molar-refractivity contribution in [2.24, 2.45) is 5.92 Å². The van der Waals surface area contributed by atoms with E-state index in [2.05, 4.69) is 260 Å². The van der Waals surface area contributed by atoms with E-state index in [1.54, 1.807) is 0 Å². The highest BCUT2D eigenvalue weighted by Crippen LogP contribution is 2.58. The molecule has 0 N–H and O–H groups in total. The van der Waals surface area contributed by atoms with E-state index in [0.29, 0.717) is 5.92 Å². The minimum Gasteiger partial charge on any atom is -0.480 e. The third-order valence-corrected chi connectivity index (χ3v) is 17.8. The van der Waals surface area contributed by atoms with Crippen molar-refractivity contribution in [1.82, 2.24) is 0 Å². The van der Waals surface area contributed by atoms with Crippen LogP contribution in [0.2, 0.25) is 0 Å². The van der Waals surface area contributed by atoms with Crippen LogP contribution in [0.1, 0.15) is 51.0 Å². The molecule has 2 aliphatic carbocycles. The van der Waals surface area contributed by atoms with E-state index < -0.39 is 5.60 Å². The van der Waals surface area contributed by atoms with E-state index in [4.69, 9.17) is 9.15 Å². The molecule has 16 rings (SSSR count). The molecular weight excluding hydrogens is 949 g/mol. The molecule has 0 radical (unpaired) electrons. The van der Waals surface area contributed by atoms with Crippen LogP contribution in [0.4, 0.5) is 28.4 Å². The molecule has 4 heteroatoms. The summed E-state index contributed by atoms with van der Waals surface area (Å²) in [7, 11) is 0. The van der Waals surface area contributed by atoms with E-state index in [9.17, 15) is 0 Å². The summed E-state index contributed by atoms with van der Waals surface area (Å²) < 4.78 is 14.3. The first-order valence-corrected chi connectivity index (χ1v) is 27.9. The lowest BCUT2D eigenvalue weighted by molar-refractivity contribution is 0.133. The predicted molar refractivity (Wildman–Crippen MR) is 328 cm³/mol. The lowest BCUT2D eigenvalue weighted by Crippen LogP contribution is -2.34. The number of hydrogen-bond acceptors (Lipinski definition) is 4. The molecule has 4 nitrogen and oxygen atoms in total.